The van der Waals surface area contributed by atoms with Crippen LogP contribution in [0.15, 0.2) is 109 Å². The van der Waals surface area contributed by atoms with Crippen molar-refractivity contribution in [3.05, 3.63) is 131 Å². The average Bonchev–Trinajstić information content (AvgIpc) is 3.16. The minimum Gasteiger partial charge on any atom is -0.458 e. The summed E-state index contributed by atoms with van der Waals surface area (Å²) in [5.74, 6) is -2.12. The first-order chi connectivity index (χ1) is 26.3. The van der Waals surface area contributed by atoms with Crippen molar-refractivity contribution in [2.75, 3.05) is 0 Å². The molecule has 1 fully saturated rings. The average molecular weight is 779 g/mol. The van der Waals surface area contributed by atoms with Crippen LogP contribution in [0, 0.1) is 23.7 Å². The van der Waals surface area contributed by atoms with Crippen LogP contribution in [0.4, 0.5) is 13.2 Å². The summed E-state index contributed by atoms with van der Waals surface area (Å²) in [5, 5.41) is 0. The number of allylic oxidation sites excluding steroid dienone is 1. The number of esters is 2. The van der Waals surface area contributed by atoms with Gasteiger partial charge in [0.25, 0.3) is 0 Å². The Morgan fingerprint density at radius 2 is 1.32 bits per heavy atom. The molecule has 304 valence electrons. The number of rotatable bonds is 16. The Bertz CT molecular complexity index is 1770. The lowest BCUT2D eigenvalue weighted by molar-refractivity contribution is -0.336. The van der Waals surface area contributed by atoms with Gasteiger partial charge in [-0.3, -0.25) is 0 Å². The Kier molecular flexibility index (Phi) is 15.3. The van der Waals surface area contributed by atoms with Gasteiger partial charge in [0.1, 0.15) is 11.9 Å². The summed E-state index contributed by atoms with van der Waals surface area (Å²) in [6, 6.07) is 22.3. The van der Waals surface area contributed by atoms with Crippen LogP contribution in [0.25, 0.3) is 0 Å². The first-order valence-electron chi connectivity index (χ1n) is 19.4. The van der Waals surface area contributed by atoms with E-state index < -0.39 is 53.7 Å². The molecule has 1 aliphatic rings. The third kappa shape index (κ3) is 11.9. The SMILES string of the molecule is C=C(C[C@H](OC(=O)c1ccccc1)[C@H](C)[C@@H]1OC(C)(C)O[C@H](C(C)C)[C@@H]1C)C[C@@H](O[C@H](C)c1ccc(C(F)(F)F)cc1)[C@@H](C)/C(=C/C)OC(=O)c1ccccc1. The van der Waals surface area contributed by atoms with Crippen LogP contribution in [-0.2, 0) is 29.9 Å². The fourth-order valence-corrected chi connectivity index (χ4v) is 7.36. The molecule has 0 radical (unpaired) electrons. The first kappa shape index (κ1) is 44.5. The summed E-state index contributed by atoms with van der Waals surface area (Å²) in [6.07, 6.45) is -4.64. The van der Waals surface area contributed by atoms with Gasteiger partial charge < -0.3 is 23.7 Å². The van der Waals surface area contributed by atoms with Gasteiger partial charge in [0, 0.05) is 24.2 Å². The molecule has 7 nitrogen and oxygen atoms in total. The Labute approximate surface area is 330 Å². The lowest BCUT2D eigenvalue weighted by Gasteiger charge is -2.49. The molecule has 0 aliphatic carbocycles. The van der Waals surface area contributed by atoms with Gasteiger partial charge in [-0.1, -0.05) is 95.3 Å². The summed E-state index contributed by atoms with van der Waals surface area (Å²) in [6.45, 7) is 21.9. The molecule has 0 unspecified atom stereocenters. The molecule has 0 saturated carbocycles. The maximum absolute atomic E-state index is 13.6. The zero-order chi connectivity index (χ0) is 41.4. The van der Waals surface area contributed by atoms with E-state index >= 15 is 0 Å². The first-order valence-corrected chi connectivity index (χ1v) is 19.4. The van der Waals surface area contributed by atoms with Crippen molar-refractivity contribution in [3.63, 3.8) is 0 Å². The van der Waals surface area contributed by atoms with Gasteiger partial charge in [-0.25, -0.2) is 9.59 Å². The predicted molar refractivity (Wildman–Crippen MR) is 211 cm³/mol. The standard InChI is InChI=1S/C46H57F3O7/c1-11-38(53-43(50)35-18-14-12-15-19-35)30(5)39(52-33(8)34-22-24-37(25-23-34)46(47,48)49)26-29(4)27-40(54-44(51)36-20-16-13-17-21-36)31(6)42-32(7)41(28(2)3)55-45(9,10)56-42/h11-25,28,30-33,39-42H,4,26-27H2,1-3,5-10H3/b38-11-/t30-,31-,32-,33+,39+,40-,41+,42-/m0/s1. The van der Waals surface area contributed by atoms with E-state index in [1.807, 2.05) is 33.8 Å². The molecule has 3 aromatic carbocycles. The van der Waals surface area contributed by atoms with Crippen molar-refractivity contribution in [2.45, 2.75) is 118 Å². The van der Waals surface area contributed by atoms with Gasteiger partial charge in [-0.05, 0) is 88.1 Å². The zero-order valence-electron chi connectivity index (χ0n) is 34.0. The smallest absolute Gasteiger partial charge is 0.416 e. The lowest BCUT2D eigenvalue weighted by atomic mass is 9.79. The van der Waals surface area contributed by atoms with Crippen LogP contribution in [0.3, 0.4) is 0 Å². The number of hydrogen-bond donors (Lipinski definition) is 0. The molecule has 0 aromatic heterocycles. The number of carbonyl (C=O) groups is 2. The van der Waals surface area contributed by atoms with Crippen LogP contribution in [0.1, 0.15) is 113 Å². The molecule has 0 amide bonds. The third-order valence-electron chi connectivity index (χ3n) is 10.5. The molecule has 1 aliphatic heterocycles. The second-order valence-electron chi connectivity index (χ2n) is 15.7. The quantitative estimate of drug-likeness (QED) is 0.0814. The molecule has 0 spiro atoms. The van der Waals surface area contributed by atoms with E-state index in [9.17, 15) is 22.8 Å². The van der Waals surface area contributed by atoms with Crippen LogP contribution >= 0.6 is 0 Å². The third-order valence-corrected chi connectivity index (χ3v) is 10.5. The van der Waals surface area contributed by atoms with Gasteiger partial charge >= 0.3 is 18.1 Å². The summed E-state index contributed by atoms with van der Waals surface area (Å²) in [5.41, 5.74) is 1.27. The molecular weight excluding hydrogens is 721 g/mol. The minimum absolute atomic E-state index is 0.0264. The van der Waals surface area contributed by atoms with E-state index in [0.717, 1.165) is 12.1 Å². The molecule has 1 heterocycles. The zero-order valence-corrected chi connectivity index (χ0v) is 34.0. The maximum Gasteiger partial charge on any atom is 0.416 e. The lowest BCUT2D eigenvalue weighted by Crippen LogP contribution is -2.55. The maximum atomic E-state index is 13.6. The van der Waals surface area contributed by atoms with E-state index in [2.05, 4.69) is 27.4 Å². The van der Waals surface area contributed by atoms with E-state index in [1.165, 1.54) is 12.1 Å². The normalized spacial score (nSPS) is 21.4. The molecule has 0 N–H and O–H groups in total. The summed E-state index contributed by atoms with van der Waals surface area (Å²) < 4.78 is 71.8. The van der Waals surface area contributed by atoms with E-state index in [0.29, 0.717) is 28.0 Å². The monoisotopic (exact) mass is 778 g/mol. The van der Waals surface area contributed by atoms with Gasteiger partial charge in [0.15, 0.2) is 5.79 Å². The summed E-state index contributed by atoms with van der Waals surface area (Å²) in [4.78, 5) is 26.8. The number of carbonyl (C=O) groups excluding carboxylic acids is 2. The molecule has 0 bridgehead atoms. The highest BCUT2D eigenvalue weighted by atomic mass is 19.4. The molecule has 1 saturated heterocycles. The highest BCUT2D eigenvalue weighted by Crippen LogP contribution is 2.40. The van der Waals surface area contributed by atoms with Gasteiger partial charge in [0.05, 0.1) is 41.1 Å². The second kappa shape index (κ2) is 19.3. The summed E-state index contributed by atoms with van der Waals surface area (Å²) in [7, 11) is 0. The predicted octanol–water partition coefficient (Wildman–Crippen LogP) is 11.6. The van der Waals surface area contributed by atoms with Crippen LogP contribution in [0.5, 0.6) is 0 Å². The number of hydrogen-bond acceptors (Lipinski definition) is 7. The van der Waals surface area contributed by atoms with E-state index in [-0.39, 0.29) is 42.8 Å². The van der Waals surface area contributed by atoms with Gasteiger partial charge in [0.2, 0.25) is 0 Å². The fourth-order valence-electron chi connectivity index (χ4n) is 7.36. The van der Waals surface area contributed by atoms with E-state index in [4.69, 9.17) is 23.7 Å². The van der Waals surface area contributed by atoms with Crippen LogP contribution < -0.4 is 0 Å². The van der Waals surface area contributed by atoms with E-state index in [1.54, 1.807) is 74.5 Å². The van der Waals surface area contributed by atoms with Crippen LogP contribution in [-0.4, -0.2) is 42.1 Å². The highest BCUT2D eigenvalue weighted by Gasteiger charge is 2.46. The van der Waals surface area contributed by atoms with Crippen molar-refractivity contribution in [2.24, 2.45) is 23.7 Å². The fraction of sp³-hybridized carbons (Fsp3) is 0.478. The Balaban J connectivity index is 1.64. The van der Waals surface area contributed by atoms with Crippen molar-refractivity contribution in [3.8, 4) is 0 Å². The van der Waals surface area contributed by atoms with Crippen molar-refractivity contribution in [1.29, 1.82) is 0 Å². The Hall–Kier alpha value is -4.25. The van der Waals surface area contributed by atoms with Crippen molar-refractivity contribution < 1.29 is 46.4 Å². The molecule has 4 rings (SSSR count). The van der Waals surface area contributed by atoms with Crippen LogP contribution in [0.2, 0.25) is 0 Å². The van der Waals surface area contributed by atoms with Gasteiger partial charge in [-0.15, -0.1) is 0 Å². The Morgan fingerprint density at radius 1 is 0.804 bits per heavy atom. The molecule has 8 atom stereocenters. The second-order valence-corrected chi connectivity index (χ2v) is 15.7. The largest absolute Gasteiger partial charge is 0.458 e. The number of benzene rings is 3. The van der Waals surface area contributed by atoms with Crippen molar-refractivity contribution in [1.82, 2.24) is 0 Å². The molecule has 3 aromatic rings. The number of halogens is 3. The molecular formula is C46H57F3O7. The van der Waals surface area contributed by atoms with Crippen molar-refractivity contribution >= 4 is 11.9 Å². The van der Waals surface area contributed by atoms with Gasteiger partial charge in [-0.2, -0.15) is 13.2 Å². The molecule has 56 heavy (non-hydrogen) atoms. The molecule has 10 heteroatoms. The Morgan fingerprint density at radius 3 is 1.84 bits per heavy atom. The highest BCUT2D eigenvalue weighted by molar-refractivity contribution is 5.90. The topological polar surface area (TPSA) is 80.3 Å². The number of ether oxygens (including phenoxy) is 5. The summed E-state index contributed by atoms with van der Waals surface area (Å²) >= 11 is 0. The number of alkyl halides is 3. The minimum atomic E-state index is -4.47.